The normalized spacial score (nSPS) is 12.1. The Morgan fingerprint density at radius 2 is 1.45 bits per heavy atom. The van der Waals surface area contributed by atoms with E-state index >= 15 is 0 Å². The average Bonchev–Trinajstić information content (AvgIpc) is 3.83. The molecule has 1 aromatic carbocycles. The Labute approximate surface area is 246 Å². The van der Waals surface area contributed by atoms with Gasteiger partial charge in [0.2, 0.25) is 0 Å². The first-order valence-corrected chi connectivity index (χ1v) is 14.4. The Morgan fingerprint density at radius 1 is 0.714 bits per heavy atom. The molecule has 2 N–H and O–H groups in total. The van der Waals surface area contributed by atoms with E-state index in [1.165, 1.54) is 5.56 Å². The highest BCUT2D eigenvalue weighted by molar-refractivity contribution is 7.13. The summed E-state index contributed by atoms with van der Waals surface area (Å²) in [5.74, 6) is 2.08. The monoisotopic (exact) mass is 572 g/mol. The lowest BCUT2D eigenvalue weighted by atomic mass is 10.0. The number of benzene rings is 1. The van der Waals surface area contributed by atoms with Crippen LogP contribution in [0.25, 0.3) is 67.9 Å². The van der Waals surface area contributed by atoms with E-state index in [1.54, 1.807) is 32.7 Å². The highest BCUT2D eigenvalue weighted by Crippen LogP contribution is 2.40. The van der Waals surface area contributed by atoms with Crippen molar-refractivity contribution in [1.29, 1.82) is 0 Å². The lowest BCUT2D eigenvalue weighted by Gasteiger charge is -2.07. The summed E-state index contributed by atoms with van der Waals surface area (Å²) in [6.45, 7) is 2.11. The first-order valence-electron chi connectivity index (χ1n) is 13.5. The van der Waals surface area contributed by atoms with E-state index in [9.17, 15) is 0 Å². The van der Waals surface area contributed by atoms with Gasteiger partial charge in [0, 0.05) is 21.5 Å². The molecule has 7 rings (SSSR count). The Balaban J connectivity index is 1.67. The molecule has 2 aliphatic heterocycles. The number of hydrogen-bond donors (Lipinski definition) is 2. The fourth-order valence-corrected chi connectivity index (χ4v) is 6.40. The van der Waals surface area contributed by atoms with Crippen LogP contribution in [0.2, 0.25) is 0 Å². The maximum atomic E-state index is 5.90. The fraction of sp³-hybridized carbons (Fsp3) is 0.118. The highest BCUT2D eigenvalue weighted by Gasteiger charge is 2.19. The molecular formula is C34H28N4O3S. The van der Waals surface area contributed by atoms with Gasteiger partial charge in [-0.1, -0.05) is 12.1 Å². The Hall–Kier alpha value is -5.08. The molecule has 2 aliphatic rings. The molecule has 0 fully saturated rings. The molecule has 6 heterocycles. The molecule has 208 valence electrons. The summed E-state index contributed by atoms with van der Waals surface area (Å²) in [6.07, 6.45) is 8.01. The van der Waals surface area contributed by atoms with E-state index in [0.29, 0.717) is 11.5 Å². The van der Waals surface area contributed by atoms with Crippen LogP contribution in [0.1, 0.15) is 28.3 Å². The van der Waals surface area contributed by atoms with Gasteiger partial charge in [0.05, 0.1) is 49.3 Å². The van der Waals surface area contributed by atoms with Gasteiger partial charge in [-0.15, -0.1) is 11.3 Å². The highest BCUT2D eigenvalue weighted by atomic mass is 32.1. The molecule has 4 aromatic heterocycles. The second-order valence-electron chi connectivity index (χ2n) is 10.1. The number of hydrogen-bond acceptors (Lipinski definition) is 6. The second-order valence-corrected chi connectivity index (χ2v) is 11.0. The number of fused-ring (bicyclic) bond motifs is 8. The zero-order valence-electron chi connectivity index (χ0n) is 23.6. The molecule has 0 spiro atoms. The third-order valence-electron chi connectivity index (χ3n) is 7.36. The number of H-pyrrole nitrogens is 2. The molecule has 7 nitrogen and oxygen atoms in total. The molecule has 0 saturated heterocycles. The van der Waals surface area contributed by atoms with Crippen LogP contribution in [0.15, 0.2) is 60.0 Å². The molecule has 0 atom stereocenters. The van der Waals surface area contributed by atoms with Crippen molar-refractivity contribution in [3.63, 3.8) is 0 Å². The molecular weight excluding hydrogens is 544 g/mol. The summed E-state index contributed by atoms with van der Waals surface area (Å²) in [5.41, 5.74) is 10.9. The van der Waals surface area contributed by atoms with Crippen molar-refractivity contribution in [3.05, 3.63) is 88.3 Å². The summed E-state index contributed by atoms with van der Waals surface area (Å²) in [4.78, 5) is 18.3. The van der Waals surface area contributed by atoms with Crippen molar-refractivity contribution in [1.82, 2.24) is 19.9 Å². The van der Waals surface area contributed by atoms with E-state index in [4.69, 9.17) is 24.2 Å². The summed E-state index contributed by atoms with van der Waals surface area (Å²) in [7, 11) is 5.00. The van der Waals surface area contributed by atoms with E-state index in [1.807, 2.05) is 48.6 Å². The van der Waals surface area contributed by atoms with Crippen LogP contribution < -0.4 is 14.2 Å². The van der Waals surface area contributed by atoms with Gasteiger partial charge in [-0.25, -0.2) is 9.97 Å². The molecule has 42 heavy (non-hydrogen) atoms. The Morgan fingerprint density at radius 3 is 2.17 bits per heavy atom. The van der Waals surface area contributed by atoms with Crippen molar-refractivity contribution < 1.29 is 14.2 Å². The summed E-state index contributed by atoms with van der Waals surface area (Å²) < 4.78 is 17.3. The first-order chi connectivity index (χ1) is 20.5. The van der Waals surface area contributed by atoms with Crippen molar-refractivity contribution in [2.24, 2.45) is 0 Å². The van der Waals surface area contributed by atoms with Crippen molar-refractivity contribution >= 4 is 57.7 Å². The summed E-state index contributed by atoms with van der Waals surface area (Å²) >= 11 is 1.70. The van der Waals surface area contributed by atoms with Gasteiger partial charge < -0.3 is 24.2 Å². The van der Waals surface area contributed by atoms with Gasteiger partial charge >= 0.3 is 0 Å². The van der Waals surface area contributed by atoms with Gasteiger partial charge in [0.15, 0.2) is 11.5 Å². The van der Waals surface area contributed by atoms with Crippen molar-refractivity contribution in [2.75, 3.05) is 21.3 Å². The number of ether oxygens (including phenoxy) is 3. The van der Waals surface area contributed by atoms with Crippen LogP contribution in [0.4, 0.5) is 0 Å². The quantitative estimate of drug-likeness (QED) is 0.216. The van der Waals surface area contributed by atoms with Gasteiger partial charge in [0.25, 0.3) is 0 Å². The molecule has 0 radical (unpaired) electrons. The lowest BCUT2D eigenvalue weighted by molar-refractivity contribution is 0.415. The number of aryl methyl sites for hydroxylation is 1. The van der Waals surface area contributed by atoms with Gasteiger partial charge in [0.1, 0.15) is 17.1 Å². The number of aromatic nitrogens is 4. The minimum absolute atomic E-state index is 0.640. The van der Waals surface area contributed by atoms with E-state index in [-0.39, 0.29) is 0 Å². The number of methoxy groups -OCH3 is 3. The van der Waals surface area contributed by atoms with E-state index in [2.05, 4.69) is 52.6 Å². The zero-order chi connectivity index (χ0) is 28.8. The third kappa shape index (κ3) is 4.46. The predicted molar refractivity (Wildman–Crippen MR) is 172 cm³/mol. The average molecular weight is 573 g/mol. The maximum absolute atomic E-state index is 5.90. The smallest absolute Gasteiger partial charge is 0.167 e. The van der Waals surface area contributed by atoms with Gasteiger partial charge in [-0.05, 0) is 90.2 Å². The molecule has 0 unspecified atom stereocenters. The number of nitrogens with zero attached hydrogens (tertiary/aromatic N) is 2. The number of aromatic amines is 2. The molecule has 8 heteroatoms. The lowest BCUT2D eigenvalue weighted by Crippen LogP contribution is -1.90. The predicted octanol–water partition coefficient (Wildman–Crippen LogP) is 8.39. The van der Waals surface area contributed by atoms with Crippen LogP contribution in [0.3, 0.4) is 0 Å². The summed E-state index contributed by atoms with van der Waals surface area (Å²) in [6, 6.07) is 18.5. The van der Waals surface area contributed by atoms with Crippen LogP contribution in [-0.2, 0) is 0 Å². The molecule has 5 aromatic rings. The Bertz CT molecular complexity index is 2080. The summed E-state index contributed by atoms with van der Waals surface area (Å²) in [5, 5.41) is 2.17. The van der Waals surface area contributed by atoms with Crippen LogP contribution in [0.5, 0.6) is 17.2 Å². The number of rotatable bonds is 5. The van der Waals surface area contributed by atoms with Crippen LogP contribution in [0, 0.1) is 6.92 Å². The maximum Gasteiger partial charge on any atom is 0.167 e. The molecule has 0 aliphatic carbocycles. The molecule has 0 amide bonds. The van der Waals surface area contributed by atoms with Gasteiger partial charge in [-0.2, -0.15) is 0 Å². The molecule has 8 bridgehead atoms. The van der Waals surface area contributed by atoms with E-state index in [0.717, 1.165) is 72.2 Å². The number of thiophene rings is 1. The van der Waals surface area contributed by atoms with Crippen LogP contribution >= 0.6 is 11.3 Å². The van der Waals surface area contributed by atoms with E-state index < -0.39 is 0 Å². The van der Waals surface area contributed by atoms with Crippen LogP contribution in [-0.4, -0.2) is 41.3 Å². The SMILES string of the molecule is COc1cccc(-c2cc3cc4nc(c(OC)c5ccc([nH]5)c(OC)c5nc(c(-c6cc(C)cs6)c2[nH]3)C=C5)C=C4)c1. The van der Waals surface area contributed by atoms with Gasteiger partial charge in [-0.3, -0.25) is 0 Å². The third-order valence-corrected chi connectivity index (χ3v) is 8.42. The second kappa shape index (κ2) is 10.4. The van der Waals surface area contributed by atoms with Crippen molar-refractivity contribution in [3.8, 4) is 38.8 Å². The molecule has 0 saturated carbocycles. The number of nitrogens with one attached hydrogen (secondary N) is 2. The fourth-order valence-electron chi connectivity index (χ4n) is 5.45. The topological polar surface area (TPSA) is 85.1 Å². The zero-order valence-corrected chi connectivity index (χ0v) is 24.4. The standard InChI is InChI=1S/C34H28N4O3S/c1-19-14-30(42-18-19)31-25-10-11-27(37-25)34(41-4)29-13-12-28(38-29)33(40-3)26-9-8-21(35-26)16-22-17-24(32(31)36-22)20-6-5-7-23(15-20)39-2/h5-18,36,38H,1-4H3. The first kappa shape index (κ1) is 25.9. The Kier molecular flexibility index (Phi) is 6.40. The largest absolute Gasteiger partial charge is 0.497 e. The van der Waals surface area contributed by atoms with Crippen molar-refractivity contribution in [2.45, 2.75) is 6.92 Å². The minimum atomic E-state index is 0.640. The minimum Gasteiger partial charge on any atom is -0.497 e.